The van der Waals surface area contributed by atoms with Crippen LogP contribution in [0.4, 0.5) is 0 Å². The third-order valence-corrected chi connectivity index (χ3v) is 10.4. The maximum atomic E-state index is 5.32. The Bertz CT molecular complexity index is 2420. The molecule has 226 valence electrons. The van der Waals surface area contributed by atoms with Crippen molar-refractivity contribution >= 4 is 22.4 Å². The summed E-state index contributed by atoms with van der Waals surface area (Å²) in [4.78, 5) is 10.5. The minimum absolute atomic E-state index is 0.375. The van der Waals surface area contributed by atoms with Crippen molar-refractivity contribution in [3.05, 3.63) is 214 Å². The first kappa shape index (κ1) is 27.1. The first-order valence-corrected chi connectivity index (χ1v) is 16.7. The van der Waals surface area contributed by atoms with Crippen molar-refractivity contribution < 1.29 is 0 Å². The fourth-order valence-electron chi connectivity index (χ4n) is 8.40. The zero-order chi connectivity index (χ0) is 31.7. The Hall–Kier alpha value is -6.06. The van der Waals surface area contributed by atoms with Crippen LogP contribution in [0.15, 0.2) is 174 Å². The van der Waals surface area contributed by atoms with E-state index in [1.807, 2.05) is 6.07 Å². The van der Waals surface area contributed by atoms with Crippen LogP contribution in [0.5, 0.6) is 0 Å². The van der Waals surface area contributed by atoms with Gasteiger partial charge in [0.05, 0.1) is 5.41 Å². The zero-order valence-electron chi connectivity index (χ0n) is 26.3. The second-order valence-electron chi connectivity index (χ2n) is 12.9. The lowest BCUT2D eigenvalue weighted by Crippen LogP contribution is -2.36. The lowest BCUT2D eigenvalue weighted by molar-refractivity contribution is 0.722. The lowest BCUT2D eigenvalue weighted by Gasteiger charge is -2.40. The van der Waals surface area contributed by atoms with E-state index in [9.17, 15) is 0 Å². The van der Waals surface area contributed by atoms with Gasteiger partial charge in [-0.2, -0.15) is 0 Å². The van der Waals surface area contributed by atoms with Crippen LogP contribution in [0, 0.1) is 0 Å². The summed E-state index contributed by atoms with van der Waals surface area (Å²) in [6, 6.07) is 59.3. The molecule has 1 heterocycles. The predicted octanol–water partition coefficient (Wildman–Crippen LogP) is 9.60. The van der Waals surface area contributed by atoms with Crippen LogP contribution in [0.25, 0.3) is 21.9 Å². The van der Waals surface area contributed by atoms with Crippen LogP contribution in [0.2, 0.25) is 0 Å². The van der Waals surface area contributed by atoms with Gasteiger partial charge in [-0.3, -0.25) is 0 Å². The molecule has 0 fully saturated rings. The van der Waals surface area contributed by atoms with Gasteiger partial charge in [0.15, 0.2) is 6.17 Å². The molecule has 0 radical (unpaired) electrons. The quantitative estimate of drug-likeness (QED) is 0.212. The van der Waals surface area contributed by atoms with Gasteiger partial charge in [-0.25, -0.2) is 9.98 Å². The molecule has 0 saturated heterocycles. The van der Waals surface area contributed by atoms with Crippen molar-refractivity contribution in [2.75, 3.05) is 0 Å². The minimum Gasteiger partial charge on any atom is -0.324 e. The van der Waals surface area contributed by atoms with Crippen LogP contribution in [-0.2, 0) is 11.8 Å². The molecule has 0 bridgehead atoms. The summed E-state index contributed by atoms with van der Waals surface area (Å²) in [5.41, 5.74) is 13.6. The molecule has 10 rings (SSSR count). The molecule has 7 aromatic rings. The minimum atomic E-state index is -0.383. The normalized spacial score (nSPS) is 16.6. The van der Waals surface area contributed by atoms with Crippen LogP contribution >= 0.6 is 0 Å². The first-order chi connectivity index (χ1) is 23.8. The molecule has 0 aromatic heterocycles. The highest BCUT2D eigenvalue weighted by Gasteiger charge is 2.49. The Labute approximate surface area is 280 Å². The first-order valence-electron chi connectivity index (χ1n) is 16.7. The van der Waals surface area contributed by atoms with E-state index in [4.69, 9.17) is 9.98 Å². The fourth-order valence-corrected chi connectivity index (χ4v) is 8.40. The highest BCUT2D eigenvalue weighted by atomic mass is 15.2. The van der Waals surface area contributed by atoms with Gasteiger partial charge < -0.3 is 5.32 Å². The number of aliphatic imine (C=N–C) groups is 2. The van der Waals surface area contributed by atoms with E-state index in [1.165, 1.54) is 55.3 Å². The second kappa shape index (κ2) is 10.5. The van der Waals surface area contributed by atoms with Crippen molar-refractivity contribution in [1.29, 1.82) is 0 Å². The van der Waals surface area contributed by atoms with Gasteiger partial charge in [0.2, 0.25) is 0 Å². The molecule has 48 heavy (non-hydrogen) atoms. The number of hydrogen-bond acceptors (Lipinski definition) is 3. The van der Waals surface area contributed by atoms with Crippen LogP contribution in [0.3, 0.4) is 0 Å². The van der Waals surface area contributed by atoms with Crippen LogP contribution in [-0.4, -0.2) is 11.7 Å². The Morgan fingerprint density at radius 2 is 1.08 bits per heavy atom. The molecule has 2 aliphatic carbocycles. The summed E-state index contributed by atoms with van der Waals surface area (Å²) in [5, 5.41) is 6.01. The molecule has 0 amide bonds. The predicted molar refractivity (Wildman–Crippen MR) is 196 cm³/mol. The van der Waals surface area contributed by atoms with Crippen molar-refractivity contribution in [1.82, 2.24) is 5.32 Å². The number of nitrogens with zero attached hydrogens (tertiary/aromatic N) is 2. The van der Waals surface area contributed by atoms with E-state index >= 15 is 0 Å². The van der Waals surface area contributed by atoms with E-state index in [-0.39, 0.29) is 11.6 Å². The van der Waals surface area contributed by atoms with Gasteiger partial charge >= 0.3 is 0 Å². The average Bonchev–Trinajstić information content (AvgIpc) is 3.45. The average molecular weight is 614 g/mol. The van der Waals surface area contributed by atoms with Gasteiger partial charge in [0.1, 0.15) is 11.7 Å². The summed E-state index contributed by atoms with van der Waals surface area (Å²) < 4.78 is 0. The molecule has 3 aliphatic rings. The van der Waals surface area contributed by atoms with E-state index < -0.39 is 0 Å². The molecular weight excluding hydrogens is 583 g/mol. The van der Waals surface area contributed by atoms with E-state index in [2.05, 4.69) is 163 Å². The Morgan fingerprint density at radius 3 is 1.88 bits per heavy atom. The molecule has 1 spiro atoms. The largest absolute Gasteiger partial charge is 0.324 e. The molecule has 1 aliphatic heterocycles. The van der Waals surface area contributed by atoms with Crippen molar-refractivity contribution in [2.45, 2.75) is 18.0 Å². The monoisotopic (exact) mass is 613 g/mol. The molecule has 1 unspecified atom stereocenters. The van der Waals surface area contributed by atoms with Crippen LogP contribution < -0.4 is 5.32 Å². The standard InChI is InChI=1S/C45H31N3/c1-2-14-30(15-3-1)42-46-43(48-44(47-42)36-21-12-18-29-13-4-7-19-34(29)36)33-25-26-41-37(28-33)35-20-8-11-24-40(35)45(41)38-22-9-5-16-31(38)27-32-17-6-10-23-39(32)45/h1-26,28,44H,27H2,(H,46,47,48). The maximum absolute atomic E-state index is 5.32. The Balaban J connectivity index is 1.18. The smallest absolute Gasteiger partial charge is 0.170 e. The molecule has 0 saturated carbocycles. The van der Waals surface area contributed by atoms with Crippen molar-refractivity contribution in [3.8, 4) is 11.1 Å². The van der Waals surface area contributed by atoms with Gasteiger partial charge in [0, 0.05) is 16.7 Å². The van der Waals surface area contributed by atoms with E-state index in [1.54, 1.807) is 0 Å². The Morgan fingerprint density at radius 1 is 0.479 bits per heavy atom. The molecule has 1 atom stereocenters. The topological polar surface area (TPSA) is 36.8 Å². The summed E-state index contributed by atoms with van der Waals surface area (Å²) in [6.07, 6.45) is 0.563. The summed E-state index contributed by atoms with van der Waals surface area (Å²) in [5.74, 6) is 1.65. The molecule has 1 N–H and O–H groups in total. The molecule has 3 heteroatoms. The second-order valence-corrected chi connectivity index (χ2v) is 12.9. The number of rotatable bonds is 3. The summed E-state index contributed by atoms with van der Waals surface area (Å²) in [6.45, 7) is 0. The van der Waals surface area contributed by atoms with Gasteiger partial charge in [0.25, 0.3) is 0 Å². The van der Waals surface area contributed by atoms with Gasteiger partial charge in [-0.15, -0.1) is 0 Å². The van der Waals surface area contributed by atoms with Gasteiger partial charge in [-0.1, -0.05) is 158 Å². The molecular formula is C45H31N3. The van der Waals surface area contributed by atoms with E-state index in [0.29, 0.717) is 0 Å². The lowest BCUT2D eigenvalue weighted by atomic mass is 9.61. The van der Waals surface area contributed by atoms with Gasteiger partial charge in [-0.05, 0) is 67.8 Å². The fraction of sp³-hybridized carbons (Fsp3) is 0.0667. The maximum Gasteiger partial charge on any atom is 0.170 e. The van der Waals surface area contributed by atoms with Crippen molar-refractivity contribution in [2.24, 2.45) is 9.98 Å². The number of benzene rings is 7. The summed E-state index contributed by atoms with van der Waals surface area (Å²) >= 11 is 0. The zero-order valence-corrected chi connectivity index (χ0v) is 26.3. The number of nitrogens with one attached hydrogen (secondary N) is 1. The SMILES string of the molecule is c1ccc(C2=NC(c3cccc4ccccc34)N=C(c3ccc4c(c3)-c3ccccc3C43c4ccccc4Cc4ccccc43)N2)cc1. The number of fused-ring (bicyclic) bond motifs is 10. The molecule has 3 nitrogen and oxygen atoms in total. The third-order valence-electron chi connectivity index (χ3n) is 10.4. The van der Waals surface area contributed by atoms with Crippen molar-refractivity contribution in [3.63, 3.8) is 0 Å². The number of hydrogen-bond donors (Lipinski definition) is 1. The summed E-state index contributed by atoms with van der Waals surface area (Å²) in [7, 11) is 0. The highest BCUT2D eigenvalue weighted by molar-refractivity contribution is 6.16. The molecule has 7 aromatic carbocycles. The third kappa shape index (κ3) is 3.88. The Kier molecular flexibility index (Phi) is 5.91. The number of amidine groups is 2. The van der Waals surface area contributed by atoms with Crippen LogP contribution in [0.1, 0.15) is 56.2 Å². The van der Waals surface area contributed by atoms with E-state index in [0.717, 1.165) is 34.8 Å². The highest BCUT2D eigenvalue weighted by Crippen LogP contribution is 2.59.